The van der Waals surface area contributed by atoms with E-state index in [0.29, 0.717) is 35.8 Å². The maximum Gasteiger partial charge on any atom is 0.259 e. The quantitative estimate of drug-likeness (QED) is 0.588. The Morgan fingerprint density at radius 3 is 2.37 bits per heavy atom. The monoisotopic (exact) mass is 474 g/mol. The van der Waals surface area contributed by atoms with Crippen LogP contribution in [0.3, 0.4) is 0 Å². The largest absolute Gasteiger partial charge is 0.490 e. The summed E-state index contributed by atoms with van der Waals surface area (Å²) in [6, 6.07) is 12.3. The first-order valence-corrected chi connectivity index (χ1v) is 11.0. The van der Waals surface area contributed by atoms with Gasteiger partial charge < -0.3 is 19.7 Å². The Balaban J connectivity index is 1.67. The highest BCUT2D eigenvalue weighted by Gasteiger charge is 2.18. The van der Waals surface area contributed by atoms with E-state index >= 15 is 0 Å². The van der Waals surface area contributed by atoms with Gasteiger partial charge in [0.15, 0.2) is 0 Å². The van der Waals surface area contributed by atoms with Gasteiger partial charge in [-0.3, -0.25) is 9.59 Å². The summed E-state index contributed by atoms with van der Waals surface area (Å²) in [6.07, 6.45) is 4.48. The molecule has 0 saturated carbocycles. The number of rotatable bonds is 7. The second-order valence-corrected chi connectivity index (χ2v) is 8.14. The molecule has 160 valence electrons. The number of nitrogens with one attached hydrogen (secondary N) is 1. The Morgan fingerprint density at radius 2 is 1.70 bits per heavy atom. The smallest absolute Gasteiger partial charge is 0.259 e. The van der Waals surface area contributed by atoms with E-state index in [9.17, 15) is 9.59 Å². The molecule has 1 aliphatic rings. The van der Waals surface area contributed by atoms with E-state index in [1.165, 1.54) is 12.8 Å². The predicted octanol–water partition coefficient (Wildman–Crippen LogP) is 4.74. The molecule has 0 aliphatic carbocycles. The normalized spacial score (nSPS) is 14.1. The molecule has 2 aromatic carbocycles. The molecular weight excluding hydrogens is 448 g/mol. The van der Waals surface area contributed by atoms with Crippen LogP contribution in [0.1, 0.15) is 46.4 Å². The van der Waals surface area contributed by atoms with E-state index in [1.54, 1.807) is 43.5 Å². The fraction of sp³-hybridized carbons (Fsp3) is 0.391. The van der Waals surface area contributed by atoms with Gasteiger partial charge >= 0.3 is 0 Å². The van der Waals surface area contributed by atoms with Gasteiger partial charge in [-0.1, -0.05) is 28.8 Å². The van der Waals surface area contributed by atoms with E-state index < -0.39 is 0 Å². The summed E-state index contributed by atoms with van der Waals surface area (Å²) in [6.45, 7) is 2.41. The lowest BCUT2D eigenvalue weighted by molar-refractivity contribution is 0.0761. The third-order valence-electron chi connectivity index (χ3n) is 5.01. The third kappa shape index (κ3) is 6.06. The fourth-order valence-electron chi connectivity index (χ4n) is 3.39. The summed E-state index contributed by atoms with van der Waals surface area (Å²) in [5, 5.41) is 2.88. The lowest BCUT2D eigenvalue weighted by Gasteiger charge is -2.20. The number of likely N-dealkylation sites (tertiary alicyclic amines) is 1. The minimum absolute atomic E-state index is 0.0515. The van der Waals surface area contributed by atoms with Gasteiger partial charge in [-0.2, -0.15) is 0 Å². The number of hydrogen-bond acceptors (Lipinski definition) is 4. The molecule has 0 bridgehead atoms. The molecule has 0 unspecified atom stereocenters. The zero-order chi connectivity index (χ0) is 21.3. The van der Waals surface area contributed by atoms with E-state index in [4.69, 9.17) is 9.47 Å². The van der Waals surface area contributed by atoms with E-state index in [2.05, 4.69) is 21.2 Å². The summed E-state index contributed by atoms with van der Waals surface area (Å²) < 4.78 is 11.4. The number of ether oxygens (including phenoxy) is 2. The van der Waals surface area contributed by atoms with Crippen molar-refractivity contribution in [1.82, 2.24) is 4.90 Å². The van der Waals surface area contributed by atoms with Gasteiger partial charge in [-0.15, -0.1) is 0 Å². The number of benzene rings is 2. The van der Waals surface area contributed by atoms with Gasteiger partial charge in [0.2, 0.25) is 0 Å². The number of hydrogen-bond donors (Lipinski definition) is 1. The molecular formula is C23H27BrN2O4. The molecule has 7 heteroatoms. The molecule has 1 saturated heterocycles. The highest BCUT2D eigenvalue weighted by atomic mass is 79.9. The van der Waals surface area contributed by atoms with Gasteiger partial charge in [-0.25, -0.2) is 0 Å². The first-order valence-electron chi connectivity index (χ1n) is 10.2. The van der Waals surface area contributed by atoms with Crippen molar-refractivity contribution in [1.29, 1.82) is 0 Å². The van der Waals surface area contributed by atoms with Crippen LogP contribution in [0.5, 0.6) is 5.75 Å². The summed E-state index contributed by atoms with van der Waals surface area (Å²) in [5.41, 5.74) is 1.68. The molecule has 1 aliphatic heterocycles. The van der Waals surface area contributed by atoms with Gasteiger partial charge in [0.05, 0.1) is 12.2 Å². The summed E-state index contributed by atoms with van der Waals surface area (Å²) in [4.78, 5) is 27.4. The average Bonchev–Trinajstić information content (AvgIpc) is 3.04. The predicted molar refractivity (Wildman–Crippen MR) is 120 cm³/mol. The molecule has 2 amide bonds. The third-order valence-corrected chi connectivity index (χ3v) is 5.51. The topological polar surface area (TPSA) is 67.9 Å². The van der Waals surface area contributed by atoms with Gasteiger partial charge in [0.25, 0.3) is 11.8 Å². The Bertz CT molecular complexity index is 862. The van der Waals surface area contributed by atoms with Crippen molar-refractivity contribution < 1.29 is 19.1 Å². The first-order chi connectivity index (χ1) is 14.6. The van der Waals surface area contributed by atoms with Crippen molar-refractivity contribution in [2.45, 2.75) is 25.7 Å². The number of nitrogens with zero attached hydrogens (tertiary/aromatic N) is 1. The lowest BCUT2D eigenvalue weighted by Crippen LogP contribution is -2.31. The zero-order valence-corrected chi connectivity index (χ0v) is 18.7. The molecule has 0 aromatic heterocycles. The Morgan fingerprint density at radius 1 is 1.00 bits per heavy atom. The molecule has 0 radical (unpaired) electrons. The molecule has 30 heavy (non-hydrogen) atoms. The minimum Gasteiger partial charge on any atom is -0.490 e. The Kier molecular flexibility index (Phi) is 8.28. The second kappa shape index (κ2) is 11.1. The highest BCUT2D eigenvalue weighted by molar-refractivity contribution is 9.10. The van der Waals surface area contributed by atoms with Gasteiger partial charge in [-0.05, 0) is 55.3 Å². The number of anilines is 1. The van der Waals surface area contributed by atoms with E-state index in [0.717, 1.165) is 30.4 Å². The molecule has 2 aromatic rings. The zero-order valence-electron chi connectivity index (χ0n) is 17.2. The molecule has 1 fully saturated rings. The summed E-state index contributed by atoms with van der Waals surface area (Å²) >= 11 is 3.40. The van der Waals surface area contributed by atoms with Crippen LogP contribution in [0.15, 0.2) is 46.9 Å². The fourth-order valence-corrected chi connectivity index (χ4v) is 3.75. The van der Waals surface area contributed by atoms with Crippen molar-refractivity contribution in [2.24, 2.45) is 0 Å². The number of methoxy groups -OCH3 is 1. The number of carbonyl (C=O) groups is 2. The van der Waals surface area contributed by atoms with Crippen LogP contribution in [0, 0.1) is 0 Å². The highest BCUT2D eigenvalue weighted by Crippen LogP contribution is 2.25. The molecule has 1 N–H and O–H groups in total. The lowest BCUT2D eigenvalue weighted by atomic mass is 10.1. The van der Waals surface area contributed by atoms with Gasteiger partial charge in [0.1, 0.15) is 12.4 Å². The van der Waals surface area contributed by atoms with Crippen molar-refractivity contribution >= 4 is 33.4 Å². The maximum atomic E-state index is 12.8. The van der Waals surface area contributed by atoms with Crippen LogP contribution < -0.4 is 10.1 Å². The number of halogens is 1. The van der Waals surface area contributed by atoms with Crippen molar-refractivity contribution in [2.75, 3.05) is 38.7 Å². The van der Waals surface area contributed by atoms with Crippen molar-refractivity contribution in [3.63, 3.8) is 0 Å². The second-order valence-electron chi connectivity index (χ2n) is 7.22. The van der Waals surface area contributed by atoms with Crippen LogP contribution in [0.25, 0.3) is 0 Å². The van der Waals surface area contributed by atoms with Crippen LogP contribution >= 0.6 is 15.9 Å². The molecule has 6 nitrogen and oxygen atoms in total. The standard InChI is InChI=1S/C23H27BrN2O4/c1-29-14-15-30-21-11-8-18(24)16-20(21)22(27)25-19-9-6-17(7-10-19)23(28)26-12-4-2-3-5-13-26/h6-11,16H,2-5,12-15H2,1H3,(H,25,27). The van der Waals surface area contributed by atoms with Crippen molar-refractivity contribution in [3.05, 3.63) is 58.1 Å². The number of amides is 2. The van der Waals surface area contributed by atoms with Crippen molar-refractivity contribution in [3.8, 4) is 5.75 Å². The average molecular weight is 475 g/mol. The molecule has 1 heterocycles. The first kappa shape index (κ1) is 22.3. The minimum atomic E-state index is -0.282. The number of carbonyl (C=O) groups excluding carboxylic acids is 2. The van der Waals surface area contributed by atoms with Crippen LogP contribution in [0.2, 0.25) is 0 Å². The van der Waals surface area contributed by atoms with Crippen LogP contribution in [-0.2, 0) is 4.74 Å². The Labute approximate surface area is 185 Å². The molecule has 0 spiro atoms. The van der Waals surface area contributed by atoms with Crippen LogP contribution in [-0.4, -0.2) is 50.1 Å². The summed E-state index contributed by atoms with van der Waals surface area (Å²) in [7, 11) is 1.60. The Hall–Kier alpha value is -2.38. The molecule has 0 atom stereocenters. The van der Waals surface area contributed by atoms with E-state index in [-0.39, 0.29) is 11.8 Å². The van der Waals surface area contributed by atoms with Gasteiger partial charge in [0, 0.05) is 35.9 Å². The van der Waals surface area contributed by atoms with Crippen LogP contribution in [0.4, 0.5) is 5.69 Å². The van der Waals surface area contributed by atoms with E-state index in [1.807, 2.05) is 11.0 Å². The SMILES string of the molecule is COCCOc1ccc(Br)cc1C(=O)Nc1ccc(C(=O)N2CCCCCC2)cc1. The maximum absolute atomic E-state index is 12.8. The molecule has 3 rings (SSSR count). The summed E-state index contributed by atoms with van der Waals surface area (Å²) in [5.74, 6) is 0.256.